The SMILES string of the molecule is Cc1ccc([C@@H](C)NC(=O)CCCN(c2cccc(C(F)(F)F)c2)S(C)(=O)=O)cc1. The van der Waals surface area contributed by atoms with E-state index in [0.717, 1.165) is 39.9 Å². The number of carbonyl (C=O) groups is 1. The number of anilines is 1. The van der Waals surface area contributed by atoms with E-state index in [0.29, 0.717) is 0 Å². The Morgan fingerprint density at radius 2 is 1.77 bits per heavy atom. The number of hydrogen-bond acceptors (Lipinski definition) is 3. The van der Waals surface area contributed by atoms with Gasteiger partial charge < -0.3 is 5.32 Å². The van der Waals surface area contributed by atoms with E-state index in [9.17, 15) is 26.4 Å². The minimum Gasteiger partial charge on any atom is -0.350 e. The van der Waals surface area contributed by atoms with Gasteiger partial charge >= 0.3 is 6.18 Å². The molecule has 1 atom stereocenters. The standard InChI is InChI=1S/C21H25F3N2O3S/c1-15-9-11-17(12-10-15)16(2)25-20(27)8-5-13-26(30(3,28)29)19-7-4-6-18(14-19)21(22,23)24/h4,6-7,9-12,14,16H,5,8,13H2,1-3H3,(H,25,27)/t16-/m1/s1. The van der Waals surface area contributed by atoms with Crippen molar-refractivity contribution in [2.24, 2.45) is 0 Å². The lowest BCUT2D eigenvalue weighted by molar-refractivity contribution is -0.137. The third kappa shape index (κ3) is 6.76. The Labute approximate surface area is 175 Å². The Kier molecular flexibility index (Phi) is 7.52. The second-order valence-electron chi connectivity index (χ2n) is 7.19. The minimum absolute atomic E-state index is 0.0428. The summed E-state index contributed by atoms with van der Waals surface area (Å²) < 4.78 is 63.9. The first-order chi connectivity index (χ1) is 13.9. The van der Waals surface area contributed by atoms with Crippen LogP contribution in [0.4, 0.5) is 18.9 Å². The largest absolute Gasteiger partial charge is 0.416 e. The lowest BCUT2D eigenvalue weighted by Gasteiger charge is -2.23. The fraction of sp³-hybridized carbons (Fsp3) is 0.381. The minimum atomic E-state index is -4.58. The third-order valence-corrected chi connectivity index (χ3v) is 5.78. The van der Waals surface area contributed by atoms with Gasteiger partial charge in [-0.3, -0.25) is 9.10 Å². The quantitative estimate of drug-likeness (QED) is 0.657. The van der Waals surface area contributed by atoms with Gasteiger partial charge in [-0.1, -0.05) is 35.9 Å². The number of nitrogens with one attached hydrogen (secondary N) is 1. The van der Waals surface area contributed by atoms with Crippen molar-refractivity contribution in [3.05, 3.63) is 65.2 Å². The van der Waals surface area contributed by atoms with Crippen molar-refractivity contribution in [1.82, 2.24) is 5.32 Å². The highest BCUT2D eigenvalue weighted by Crippen LogP contribution is 2.32. The van der Waals surface area contributed by atoms with E-state index in [1.165, 1.54) is 6.07 Å². The molecule has 0 unspecified atom stereocenters. The monoisotopic (exact) mass is 442 g/mol. The summed E-state index contributed by atoms with van der Waals surface area (Å²) in [6.45, 7) is 3.70. The van der Waals surface area contributed by atoms with Crippen LogP contribution in [-0.2, 0) is 21.0 Å². The lowest BCUT2D eigenvalue weighted by Crippen LogP contribution is -2.32. The van der Waals surface area contributed by atoms with Gasteiger partial charge in [0.15, 0.2) is 0 Å². The van der Waals surface area contributed by atoms with Crippen LogP contribution >= 0.6 is 0 Å². The predicted molar refractivity (Wildman–Crippen MR) is 111 cm³/mol. The first-order valence-corrected chi connectivity index (χ1v) is 11.2. The van der Waals surface area contributed by atoms with E-state index in [2.05, 4.69) is 5.32 Å². The van der Waals surface area contributed by atoms with Gasteiger partial charge in [-0.05, 0) is 44.0 Å². The van der Waals surface area contributed by atoms with Crippen LogP contribution in [-0.4, -0.2) is 27.1 Å². The number of benzene rings is 2. The molecule has 0 aliphatic heterocycles. The summed E-state index contributed by atoms with van der Waals surface area (Å²) in [5.74, 6) is -0.263. The molecule has 1 N–H and O–H groups in total. The van der Waals surface area contributed by atoms with Crippen molar-refractivity contribution in [3.63, 3.8) is 0 Å². The van der Waals surface area contributed by atoms with Crippen molar-refractivity contribution in [1.29, 1.82) is 0 Å². The van der Waals surface area contributed by atoms with Crippen LogP contribution in [0.3, 0.4) is 0 Å². The van der Waals surface area contributed by atoms with Gasteiger partial charge in [0.05, 0.1) is 23.5 Å². The van der Waals surface area contributed by atoms with Gasteiger partial charge in [-0.25, -0.2) is 8.42 Å². The van der Waals surface area contributed by atoms with E-state index >= 15 is 0 Å². The maximum absolute atomic E-state index is 12.9. The molecule has 0 aromatic heterocycles. The Bertz CT molecular complexity index is 974. The van der Waals surface area contributed by atoms with Crippen molar-refractivity contribution in [2.75, 3.05) is 17.1 Å². The van der Waals surface area contributed by atoms with Gasteiger partial charge in [0.1, 0.15) is 0 Å². The summed E-state index contributed by atoms with van der Waals surface area (Å²) in [4.78, 5) is 12.2. The lowest BCUT2D eigenvalue weighted by atomic mass is 10.1. The number of alkyl halides is 3. The molecule has 5 nitrogen and oxygen atoms in total. The first kappa shape index (κ1) is 23.7. The summed E-state index contributed by atoms with van der Waals surface area (Å²) in [6.07, 6.45) is -3.45. The van der Waals surface area contributed by atoms with Crippen molar-refractivity contribution < 1.29 is 26.4 Å². The summed E-state index contributed by atoms with van der Waals surface area (Å²) in [7, 11) is -3.81. The molecule has 1 amide bonds. The molecule has 0 aliphatic carbocycles. The zero-order chi connectivity index (χ0) is 22.5. The van der Waals surface area contributed by atoms with Gasteiger partial charge in [0.2, 0.25) is 15.9 Å². The topological polar surface area (TPSA) is 66.5 Å². The highest BCUT2D eigenvalue weighted by atomic mass is 32.2. The summed E-state index contributed by atoms with van der Waals surface area (Å²) in [5, 5.41) is 2.84. The van der Waals surface area contributed by atoms with Crippen LogP contribution in [0.5, 0.6) is 0 Å². The van der Waals surface area contributed by atoms with Crippen LogP contribution < -0.4 is 9.62 Å². The fourth-order valence-electron chi connectivity index (χ4n) is 2.96. The van der Waals surface area contributed by atoms with Crippen LogP contribution in [0, 0.1) is 6.92 Å². The molecule has 0 bridgehead atoms. The number of nitrogens with zero attached hydrogens (tertiary/aromatic N) is 1. The van der Waals surface area contributed by atoms with Crippen LogP contribution in [0.15, 0.2) is 48.5 Å². The number of hydrogen-bond donors (Lipinski definition) is 1. The van der Waals surface area contributed by atoms with E-state index in [1.807, 2.05) is 38.1 Å². The first-order valence-electron chi connectivity index (χ1n) is 9.39. The average Bonchev–Trinajstić information content (AvgIpc) is 2.64. The Morgan fingerprint density at radius 3 is 2.33 bits per heavy atom. The molecule has 0 radical (unpaired) electrons. The van der Waals surface area contributed by atoms with Gasteiger partial charge in [0, 0.05) is 13.0 Å². The Hall–Kier alpha value is -2.55. The van der Waals surface area contributed by atoms with Crippen LogP contribution in [0.2, 0.25) is 0 Å². The smallest absolute Gasteiger partial charge is 0.350 e. The number of carbonyl (C=O) groups excluding carboxylic acids is 1. The van der Waals surface area contributed by atoms with E-state index in [1.54, 1.807) is 0 Å². The number of sulfonamides is 1. The maximum Gasteiger partial charge on any atom is 0.416 e. The van der Waals surface area contributed by atoms with Crippen molar-refractivity contribution in [3.8, 4) is 0 Å². The molecule has 2 aromatic rings. The summed E-state index contributed by atoms with van der Waals surface area (Å²) in [5.41, 5.74) is 1.03. The third-order valence-electron chi connectivity index (χ3n) is 4.58. The van der Waals surface area contributed by atoms with E-state index in [-0.39, 0.29) is 37.0 Å². The Balaban J connectivity index is 2.00. The highest BCUT2D eigenvalue weighted by molar-refractivity contribution is 7.92. The molecular formula is C21H25F3N2O3S. The Morgan fingerprint density at radius 1 is 1.13 bits per heavy atom. The highest BCUT2D eigenvalue weighted by Gasteiger charge is 2.31. The summed E-state index contributed by atoms with van der Waals surface area (Å²) >= 11 is 0. The zero-order valence-corrected chi connectivity index (χ0v) is 17.8. The molecule has 2 rings (SSSR count). The molecule has 164 valence electrons. The molecule has 2 aromatic carbocycles. The second-order valence-corrected chi connectivity index (χ2v) is 9.09. The molecule has 0 heterocycles. The molecule has 0 spiro atoms. The van der Waals surface area contributed by atoms with Crippen molar-refractivity contribution in [2.45, 2.75) is 38.9 Å². The fourth-order valence-corrected chi connectivity index (χ4v) is 3.92. The van der Waals surface area contributed by atoms with Gasteiger partial charge in [-0.15, -0.1) is 0 Å². The molecular weight excluding hydrogens is 417 g/mol. The number of amides is 1. The number of halogens is 3. The average molecular weight is 443 g/mol. The van der Waals surface area contributed by atoms with E-state index in [4.69, 9.17) is 0 Å². The molecule has 0 aliphatic rings. The second kappa shape index (κ2) is 9.51. The van der Waals surface area contributed by atoms with Crippen LogP contribution in [0.1, 0.15) is 42.5 Å². The zero-order valence-electron chi connectivity index (χ0n) is 17.0. The van der Waals surface area contributed by atoms with Crippen molar-refractivity contribution >= 4 is 21.6 Å². The molecule has 0 fully saturated rings. The van der Waals surface area contributed by atoms with Gasteiger partial charge in [-0.2, -0.15) is 13.2 Å². The normalized spacial score (nSPS) is 13.0. The molecule has 0 saturated heterocycles. The maximum atomic E-state index is 12.9. The summed E-state index contributed by atoms with van der Waals surface area (Å²) in [6, 6.07) is 11.6. The van der Waals surface area contributed by atoms with Crippen LogP contribution in [0.25, 0.3) is 0 Å². The molecule has 0 saturated carbocycles. The number of rotatable bonds is 8. The molecule has 9 heteroatoms. The number of aryl methyl sites for hydroxylation is 1. The van der Waals surface area contributed by atoms with E-state index < -0.39 is 21.8 Å². The van der Waals surface area contributed by atoms with Gasteiger partial charge in [0.25, 0.3) is 0 Å². The predicted octanol–water partition coefficient (Wildman–Crippen LogP) is 4.44. The molecule has 30 heavy (non-hydrogen) atoms.